The molecule has 1 aliphatic heterocycles. The topological polar surface area (TPSA) is 90.9 Å². The maximum Gasteiger partial charge on any atom is 0.261 e. The zero-order valence-corrected chi connectivity index (χ0v) is 17.3. The number of fused-ring (bicyclic) bond motifs is 1. The molecule has 3 rings (SSSR count). The van der Waals surface area contributed by atoms with Crippen LogP contribution in [0.5, 0.6) is 0 Å². The van der Waals surface area contributed by atoms with E-state index < -0.39 is 10.8 Å². The number of nitrogens with zero attached hydrogens (tertiary/aromatic N) is 2. The van der Waals surface area contributed by atoms with Crippen LogP contribution in [-0.4, -0.2) is 64.1 Å². The molecule has 2 amide bonds. The quantitative estimate of drug-likeness (QED) is 0.426. The van der Waals surface area contributed by atoms with Crippen molar-refractivity contribution >= 4 is 28.6 Å². The summed E-state index contributed by atoms with van der Waals surface area (Å²) in [7, 11) is 0.929. The number of aliphatic imine (C=N–C) groups is 1. The first-order valence-electron chi connectivity index (χ1n) is 9.84. The fourth-order valence-electron chi connectivity index (χ4n) is 3.87. The highest BCUT2D eigenvalue weighted by atomic mass is 32.2. The standard InChI is InChI=1S/C20H28N4O3S/c1-3-28(27)15-8-6-7-14(13-15)23-20(21-2)22-11-12-24-18(25)16-9-4-5-10-17(16)19(24)26/h4-5,9-10,14-15H,3,6-8,11-13H2,1-2H3,(H2,21,22,23). The van der Waals surface area contributed by atoms with Gasteiger partial charge in [0.15, 0.2) is 5.96 Å². The summed E-state index contributed by atoms with van der Waals surface area (Å²) in [5.74, 6) is 0.847. The van der Waals surface area contributed by atoms with Gasteiger partial charge in [-0.15, -0.1) is 0 Å². The molecule has 0 radical (unpaired) electrons. The van der Waals surface area contributed by atoms with Crippen LogP contribution >= 0.6 is 0 Å². The third-order valence-corrected chi connectivity index (χ3v) is 7.09. The van der Waals surface area contributed by atoms with Crippen molar-refractivity contribution < 1.29 is 13.8 Å². The fourth-order valence-corrected chi connectivity index (χ4v) is 5.21. The average molecular weight is 405 g/mol. The van der Waals surface area contributed by atoms with Gasteiger partial charge in [0.05, 0.1) is 11.1 Å². The first-order chi connectivity index (χ1) is 13.5. The van der Waals surface area contributed by atoms with Crippen molar-refractivity contribution in [3.05, 3.63) is 35.4 Å². The number of hydrogen-bond donors (Lipinski definition) is 2. The molecule has 0 bridgehead atoms. The fraction of sp³-hybridized carbons (Fsp3) is 0.550. The molecule has 2 N–H and O–H groups in total. The van der Waals surface area contributed by atoms with Crippen LogP contribution < -0.4 is 10.6 Å². The molecule has 152 valence electrons. The van der Waals surface area contributed by atoms with Crippen LogP contribution in [0.3, 0.4) is 0 Å². The second-order valence-corrected chi connectivity index (χ2v) is 9.11. The summed E-state index contributed by atoms with van der Waals surface area (Å²) in [5, 5.41) is 6.83. The smallest absolute Gasteiger partial charge is 0.261 e. The van der Waals surface area contributed by atoms with Crippen molar-refractivity contribution in [2.24, 2.45) is 4.99 Å². The molecular formula is C20H28N4O3S. The van der Waals surface area contributed by atoms with E-state index in [1.165, 1.54) is 4.90 Å². The number of carbonyl (C=O) groups excluding carboxylic acids is 2. The highest BCUT2D eigenvalue weighted by Gasteiger charge is 2.34. The van der Waals surface area contributed by atoms with Gasteiger partial charge >= 0.3 is 0 Å². The van der Waals surface area contributed by atoms with Crippen LogP contribution in [0.4, 0.5) is 0 Å². The molecule has 28 heavy (non-hydrogen) atoms. The molecule has 3 atom stereocenters. The Morgan fingerprint density at radius 3 is 2.50 bits per heavy atom. The number of rotatable bonds is 6. The summed E-state index contributed by atoms with van der Waals surface area (Å²) in [6, 6.07) is 7.13. The van der Waals surface area contributed by atoms with Gasteiger partial charge in [-0.05, 0) is 31.4 Å². The van der Waals surface area contributed by atoms with Crippen molar-refractivity contribution in [3.63, 3.8) is 0 Å². The van der Waals surface area contributed by atoms with Crippen molar-refractivity contribution in [1.82, 2.24) is 15.5 Å². The molecule has 1 saturated carbocycles. The van der Waals surface area contributed by atoms with Crippen molar-refractivity contribution in [1.29, 1.82) is 0 Å². The Hall–Kier alpha value is -2.22. The summed E-state index contributed by atoms with van der Waals surface area (Å²) >= 11 is 0. The lowest BCUT2D eigenvalue weighted by Gasteiger charge is -2.30. The second-order valence-electron chi connectivity index (χ2n) is 7.11. The summed E-state index contributed by atoms with van der Waals surface area (Å²) in [6.45, 7) is 2.66. The third-order valence-electron chi connectivity index (χ3n) is 5.35. The molecule has 1 fully saturated rings. The van der Waals surface area contributed by atoms with Crippen LogP contribution in [0.2, 0.25) is 0 Å². The summed E-state index contributed by atoms with van der Waals surface area (Å²) in [6.07, 6.45) is 3.97. The highest BCUT2D eigenvalue weighted by Crippen LogP contribution is 2.23. The van der Waals surface area contributed by atoms with Gasteiger partial charge in [0.1, 0.15) is 0 Å². The number of amides is 2. The lowest BCUT2D eigenvalue weighted by Crippen LogP contribution is -2.48. The molecule has 7 nitrogen and oxygen atoms in total. The third kappa shape index (κ3) is 4.43. The molecule has 1 heterocycles. The Morgan fingerprint density at radius 1 is 1.21 bits per heavy atom. The molecule has 0 saturated heterocycles. The Morgan fingerprint density at radius 2 is 1.89 bits per heavy atom. The van der Waals surface area contributed by atoms with E-state index in [-0.39, 0.29) is 29.7 Å². The van der Waals surface area contributed by atoms with Crippen molar-refractivity contribution in [2.45, 2.75) is 43.9 Å². The van der Waals surface area contributed by atoms with E-state index in [4.69, 9.17) is 0 Å². The number of benzene rings is 1. The highest BCUT2D eigenvalue weighted by molar-refractivity contribution is 7.85. The largest absolute Gasteiger partial charge is 0.355 e. The number of hydrogen-bond acceptors (Lipinski definition) is 4. The zero-order valence-electron chi connectivity index (χ0n) is 16.4. The summed E-state index contributed by atoms with van der Waals surface area (Å²) < 4.78 is 12.1. The summed E-state index contributed by atoms with van der Waals surface area (Å²) in [5.41, 5.74) is 0.930. The van der Waals surface area contributed by atoms with E-state index in [0.29, 0.717) is 29.4 Å². The van der Waals surface area contributed by atoms with E-state index in [2.05, 4.69) is 15.6 Å². The molecule has 0 aromatic heterocycles. The SMILES string of the molecule is CCS(=O)C1CCCC(NC(=NC)NCCN2C(=O)c3ccccc3C2=O)C1. The molecule has 1 aliphatic carbocycles. The number of guanidine groups is 1. The van der Waals surface area contributed by atoms with Crippen LogP contribution in [0, 0.1) is 0 Å². The maximum atomic E-state index is 12.4. The molecule has 3 unspecified atom stereocenters. The average Bonchev–Trinajstić information content (AvgIpc) is 2.97. The Kier molecular flexibility index (Phi) is 6.83. The first-order valence-corrected chi connectivity index (χ1v) is 11.2. The maximum absolute atomic E-state index is 12.4. The minimum Gasteiger partial charge on any atom is -0.355 e. The molecule has 1 aromatic rings. The normalized spacial score (nSPS) is 23.5. The van der Waals surface area contributed by atoms with Crippen LogP contribution in [-0.2, 0) is 10.8 Å². The molecular weight excluding hydrogens is 376 g/mol. The van der Waals surface area contributed by atoms with Crippen molar-refractivity contribution in [2.75, 3.05) is 25.9 Å². The van der Waals surface area contributed by atoms with E-state index in [1.807, 2.05) is 6.92 Å². The predicted octanol–water partition coefficient (Wildman–Crippen LogP) is 1.53. The number of imide groups is 1. The zero-order chi connectivity index (χ0) is 20.1. The van der Waals surface area contributed by atoms with Gasteiger partial charge in [-0.25, -0.2) is 0 Å². The second kappa shape index (κ2) is 9.32. The van der Waals surface area contributed by atoms with E-state index in [1.54, 1.807) is 31.3 Å². The molecule has 8 heteroatoms. The predicted molar refractivity (Wildman–Crippen MR) is 111 cm³/mol. The van der Waals surface area contributed by atoms with Crippen LogP contribution in [0.25, 0.3) is 0 Å². The Labute approximate surface area is 168 Å². The number of carbonyl (C=O) groups is 2. The van der Waals surface area contributed by atoms with Crippen LogP contribution in [0.1, 0.15) is 53.3 Å². The van der Waals surface area contributed by atoms with E-state index >= 15 is 0 Å². The Bertz CT molecular complexity index is 760. The minimum atomic E-state index is -0.767. The first kappa shape index (κ1) is 20.5. The molecule has 1 aromatic carbocycles. The summed E-state index contributed by atoms with van der Waals surface area (Å²) in [4.78, 5) is 30.3. The van der Waals surface area contributed by atoms with Gasteiger partial charge in [0.2, 0.25) is 0 Å². The van der Waals surface area contributed by atoms with Gasteiger partial charge in [-0.2, -0.15) is 0 Å². The van der Waals surface area contributed by atoms with Gasteiger partial charge < -0.3 is 10.6 Å². The van der Waals surface area contributed by atoms with Gasteiger partial charge in [0, 0.05) is 48.0 Å². The van der Waals surface area contributed by atoms with Gasteiger partial charge in [-0.1, -0.05) is 25.5 Å². The van der Waals surface area contributed by atoms with Gasteiger partial charge in [0.25, 0.3) is 11.8 Å². The van der Waals surface area contributed by atoms with E-state index in [0.717, 1.165) is 25.7 Å². The minimum absolute atomic E-state index is 0.236. The van der Waals surface area contributed by atoms with Crippen LogP contribution in [0.15, 0.2) is 29.3 Å². The van der Waals surface area contributed by atoms with Crippen molar-refractivity contribution in [3.8, 4) is 0 Å². The molecule has 0 spiro atoms. The number of nitrogens with one attached hydrogen (secondary N) is 2. The molecule has 2 aliphatic rings. The van der Waals surface area contributed by atoms with Gasteiger partial charge in [-0.3, -0.25) is 23.7 Å². The van der Waals surface area contributed by atoms with E-state index in [9.17, 15) is 13.8 Å². The lowest BCUT2D eigenvalue weighted by atomic mass is 9.95. The monoisotopic (exact) mass is 404 g/mol. The Balaban J connectivity index is 1.50. The lowest BCUT2D eigenvalue weighted by molar-refractivity contribution is 0.0657.